The molecule has 0 radical (unpaired) electrons. The fourth-order valence-electron chi connectivity index (χ4n) is 2.25. The van der Waals surface area contributed by atoms with Crippen molar-refractivity contribution in [2.45, 2.75) is 19.4 Å². The number of hydrogen-bond donors (Lipinski definition) is 1. The molecule has 112 valence electrons. The van der Waals surface area contributed by atoms with Crippen LogP contribution in [0.2, 0.25) is 0 Å². The Bertz CT molecular complexity index is 611. The van der Waals surface area contributed by atoms with Gasteiger partial charge in [0.05, 0.1) is 0 Å². The lowest BCUT2D eigenvalue weighted by molar-refractivity contribution is 0.523. The van der Waals surface area contributed by atoms with Crippen molar-refractivity contribution in [3.8, 4) is 0 Å². The van der Waals surface area contributed by atoms with Gasteiger partial charge in [-0.25, -0.2) is 8.78 Å². The molecule has 2 aromatic rings. The van der Waals surface area contributed by atoms with Crippen LogP contribution in [0.1, 0.15) is 24.1 Å². The van der Waals surface area contributed by atoms with Crippen LogP contribution in [0.15, 0.2) is 45.3 Å². The summed E-state index contributed by atoms with van der Waals surface area (Å²) in [4.78, 5) is 0. The lowest BCUT2D eigenvalue weighted by Crippen LogP contribution is -2.23. The summed E-state index contributed by atoms with van der Waals surface area (Å²) in [7, 11) is 0. The summed E-state index contributed by atoms with van der Waals surface area (Å²) in [6.07, 6.45) is 0.453. The molecule has 21 heavy (non-hydrogen) atoms. The minimum Gasteiger partial charge on any atom is -0.310 e. The van der Waals surface area contributed by atoms with Crippen molar-refractivity contribution in [3.63, 3.8) is 0 Å². The third kappa shape index (κ3) is 4.59. The van der Waals surface area contributed by atoms with Crippen molar-refractivity contribution >= 4 is 31.9 Å². The largest absolute Gasteiger partial charge is 0.310 e. The minimum atomic E-state index is -0.308. The molecule has 2 rings (SSSR count). The topological polar surface area (TPSA) is 12.0 Å². The first-order chi connectivity index (χ1) is 9.99. The van der Waals surface area contributed by atoms with Gasteiger partial charge in [-0.15, -0.1) is 0 Å². The summed E-state index contributed by atoms with van der Waals surface area (Å²) in [6, 6.07) is 9.45. The van der Waals surface area contributed by atoms with Gasteiger partial charge in [-0.2, -0.15) is 0 Å². The van der Waals surface area contributed by atoms with E-state index in [-0.39, 0.29) is 17.7 Å². The first kappa shape index (κ1) is 16.6. The Labute approximate surface area is 140 Å². The summed E-state index contributed by atoms with van der Waals surface area (Å²) in [6.45, 7) is 2.69. The molecule has 0 saturated carbocycles. The van der Waals surface area contributed by atoms with Gasteiger partial charge in [0.1, 0.15) is 11.6 Å². The molecule has 1 nitrogen and oxygen atoms in total. The highest BCUT2D eigenvalue weighted by atomic mass is 79.9. The monoisotopic (exact) mass is 417 g/mol. The molecule has 0 aliphatic heterocycles. The quantitative estimate of drug-likeness (QED) is 0.686. The normalized spacial score (nSPS) is 12.4. The molecule has 0 amide bonds. The predicted molar refractivity (Wildman–Crippen MR) is 88.3 cm³/mol. The van der Waals surface area contributed by atoms with Gasteiger partial charge in [-0.3, -0.25) is 0 Å². The van der Waals surface area contributed by atoms with Crippen LogP contribution in [0.4, 0.5) is 8.78 Å². The maximum absolute atomic E-state index is 13.9. The van der Waals surface area contributed by atoms with Crippen molar-refractivity contribution in [1.29, 1.82) is 0 Å². The molecule has 2 aromatic carbocycles. The van der Waals surface area contributed by atoms with E-state index in [0.717, 1.165) is 10.0 Å². The van der Waals surface area contributed by atoms with Crippen LogP contribution in [0.25, 0.3) is 0 Å². The highest BCUT2D eigenvalue weighted by molar-refractivity contribution is 9.10. The molecule has 1 atom stereocenters. The van der Waals surface area contributed by atoms with E-state index in [4.69, 9.17) is 0 Å². The van der Waals surface area contributed by atoms with Crippen LogP contribution in [-0.2, 0) is 6.42 Å². The molecule has 0 aliphatic carbocycles. The minimum absolute atomic E-state index is 0.147. The third-order valence-electron chi connectivity index (χ3n) is 3.17. The first-order valence-corrected chi connectivity index (χ1v) is 8.21. The Morgan fingerprint density at radius 1 is 1.05 bits per heavy atom. The second kappa shape index (κ2) is 7.47. The Balaban J connectivity index is 2.32. The third-order valence-corrected chi connectivity index (χ3v) is 4.12. The van der Waals surface area contributed by atoms with Crippen LogP contribution in [-0.4, -0.2) is 6.54 Å². The van der Waals surface area contributed by atoms with Crippen LogP contribution in [0, 0.1) is 11.6 Å². The molecule has 0 spiro atoms. The number of benzene rings is 2. The molecule has 0 aliphatic rings. The van der Waals surface area contributed by atoms with E-state index in [9.17, 15) is 8.78 Å². The molecule has 5 heteroatoms. The standard InChI is InChI=1S/C16H15Br2F2N/c1-2-21-16(11-6-13(18)9-14(19)7-11)8-10-5-12(17)3-4-15(10)20/h3-7,9,16,21H,2,8H2,1H3. The maximum Gasteiger partial charge on any atom is 0.126 e. The Kier molecular flexibility index (Phi) is 5.90. The SMILES string of the molecule is CCNC(Cc1cc(Br)ccc1F)c1cc(F)cc(Br)c1. The Morgan fingerprint density at radius 3 is 2.48 bits per heavy atom. The summed E-state index contributed by atoms with van der Waals surface area (Å²) < 4.78 is 29.0. The molecule has 0 heterocycles. The number of likely N-dealkylation sites (N-methyl/N-ethyl adjacent to an activating group) is 1. The van der Waals surface area contributed by atoms with E-state index in [1.165, 1.54) is 18.2 Å². The van der Waals surface area contributed by atoms with E-state index < -0.39 is 0 Å². The van der Waals surface area contributed by atoms with Crippen molar-refractivity contribution in [2.75, 3.05) is 6.54 Å². The van der Waals surface area contributed by atoms with Crippen LogP contribution in [0.5, 0.6) is 0 Å². The second-order valence-electron chi connectivity index (χ2n) is 4.75. The lowest BCUT2D eigenvalue weighted by Gasteiger charge is -2.19. The summed E-state index contributed by atoms with van der Waals surface area (Å²) in [5.74, 6) is -0.562. The average Bonchev–Trinajstić information content (AvgIpc) is 2.41. The lowest BCUT2D eigenvalue weighted by atomic mass is 9.98. The van der Waals surface area contributed by atoms with E-state index in [1.54, 1.807) is 12.1 Å². The van der Waals surface area contributed by atoms with Gasteiger partial charge >= 0.3 is 0 Å². The van der Waals surface area contributed by atoms with E-state index in [2.05, 4.69) is 37.2 Å². The smallest absolute Gasteiger partial charge is 0.126 e. The molecular weight excluding hydrogens is 404 g/mol. The fraction of sp³-hybridized carbons (Fsp3) is 0.250. The molecule has 0 saturated heterocycles. The van der Waals surface area contributed by atoms with Crippen molar-refractivity contribution in [3.05, 3.63) is 68.1 Å². The summed E-state index contributed by atoms with van der Waals surface area (Å²) >= 11 is 6.64. The van der Waals surface area contributed by atoms with Crippen molar-refractivity contribution in [1.82, 2.24) is 5.32 Å². The van der Waals surface area contributed by atoms with E-state index >= 15 is 0 Å². The summed E-state index contributed by atoms with van der Waals surface area (Å²) in [5.41, 5.74) is 1.39. The number of hydrogen-bond acceptors (Lipinski definition) is 1. The van der Waals surface area contributed by atoms with Gasteiger partial charge in [0.25, 0.3) is 0 Å². The zero-order valence-corrected chi connectivity index (χ0v) is 14.6. The zero-order valence-electron chi connectivity index (χ0n) is 11.5. The second-order valence-corrected chi connectivity index (χ2v) is 6.58. The zero-order chi connectivity index (χ0) is 15.4. The van der Waals surface area contributed by atoms with Gasteiger partial charge < -0.3 is 5.32 Å². The fourth-order valence-corrected chi connectivity index (χ4v) is 3.14. The van der Waals surface area contributed by atoms with Crippen LogP contribution >= 0.6 is 31.9 Å². The molecule has 0 bridgehead atoms. The molecular formula is C16H15Br2F2N. The van der Waals surface area contributed by atoms with Gasteiger partial charge in [0, 0.05) is 15.0 Å². The van der Waals surface area contributed by atoms with Crippen molar-refractivity contribution < 1.29 is 8.78 Å². The highest BCUT2D eigenvalue weighted by Gasteiger charge is 2.15. The molecule has 1 unspecified atom stereocenters. The molecule has 0 fully saturated rings. The van der Waals surface area contributed by atoms with Crippen molar-refractivity contribution in [2.24, 2.45) is 0 Å². The predicted octanol–water partition coefficient (Wildman–Crippen LogP) is 5.38. The number of rotatable bonds is 5. The number of nitrogens with one attached hydrogen (secondary N) is 1. The summed E-state index contributed by atoms with van der Waals surface area (Å²) in [5, 5.41) is 3.28. The molecule has 0 aromatic heterocycles. The van der Waals surface area contributed by atoms with E-state index in [0.29, 0.717) is 23.0 Å². The van der Waals surface area contributed by atoms with Gasteiger partial charge in [-0.1, -0.05) is 38.8 Å². The van der Waals surface area contributed by atoms with Crippen LogP contribution < -0.4 is 5.32 Å². The van der Waals surface area contributed by atoms with Crippen LogP contribution in [0.3, 0.4) is 0 Å². The van der Waals surface area contributed by atoms with Gasteiger partial charge in [0.2, 0.25) is 0 Å². The van der Waals surface area contributed by atoms with E-state index in [1.807, 2.05) is 13.0 Å². The maximum atomic E-state index is 13.9. The molecule has 1 N–H and O–H groups in total. The number of halogens is 4. The highest BCUT2D eigenvalue weighted by Crippen LogP contribution is 2.25. The van der Waals surface area contributed by atoms with Gasteiger partial charge in [0.15, 0.2) is 0 Å². The Morgan fingerprint density at radius 2 is 1.81 bits per heavy atom. The Hall–Kier alpha value is -0.780. The first-order valence-electron chi connectivity index (χ1n) is 6.63. The van der Waals surface area contributed by atoms with Gasteiger partial charge in [-0.05, 0) is 60.5 Å². The average molecular weight is 419 g/mol.